The molecule has 0 fully saturated rings. The molecule has 3 nitrogen and oxygen atoms in total. The van der Waals surface area contributed by atoms with Gasteiger partial charge in [-0.2, -0.15) is 0 Å². The van der Waals surface area contributed by atoms with Crippen LogP contribution in [0.3, 0.4) is 0 Å². The van der Waals surface area contributed by atoms with Gasteiger partial charge in [0.05, 0.1) is 14.2 Å². The van der Waals surface area contributed by atoms with Gasteiger partial charge in [-0.25, -0.2) is 0 Å². The fourth-order valence-electron chi connectivity index (χ4n) is 2.74. The molecule has 114 valence electrons. The molecule has 0 aromatic heterocycles. The molecule has 0 aliphatic carbocycles. The fraction of sp³-hybridized carbons (Fsp3) is 0.278. The van der Waals surface area contributed by atoms with Crippen LogP contribution in [0.2, 0.25) is 5.02 Å². The normalized spacial score (nSPS) is 13.3. The Bertz CT molecular complexity index is 708. The number of hydrogen-bond acceptors (Lipinski definition) is 3. The Hall–Kier alpha value is -2.00. The second-order valence-corrected chi connectivity index (χ2v) is 5.68. The van der Waals surface area contributed by atoms with E-state index in [0.717, 1.165) is 47.2 Å². The third kappa shape index (κ3) is 2.95. The lowest BCUT2D eigenvalue weighted by molar-refractivity contribution is 0.354. The minimum Gasteiger partial charge on any atom is -0.493 e. The number of hydrogen-bond donors (Lipinski definition) is 0. The van der Waals surface area contributed by atoms with Gasteiger partial charge in [0.15, 0.2) is 11.5 Å². The standard InChI is InChI=1S/C18H18ClNO2/c1-21-17-10-13-7-8-20-16(15(13)11-18(17)22-2)9-12-3-5-14(19)6-4-12/h3-6,10-11H,7-9H2,1-2H3. The van der Waals surface area contributed by atoms with Gasteiger partial charge in [-0.1, -0.05) is 23.7 Å². The van der Waals surface area contributed by atoms with Crippen molar-refractivity contribution >= 4 is 17.3 Å². The van der Waals surface area contributed by atoms with Gasteiger partial charge in [-0.05, 0) is 41.8 Å². The van der Waals surface area contributed by atoms with Crippen LogP contribution in [0.1, 0.15) is 16.7 Å². The van der Waals surface area contributed by atoms with Crippen LogP contribution in [0, 0.1) is 0 Å². The van der Waals surface area contributed by atoms with Gasteiger partial charge < -0.3 is 9.47 Å². The Kier molecular flexibility index (Phi) is 4.34. The van der Waals surface area contributed by atoms with E-state index < -0.39 is 0 Å². The van der Waals surface area contributed by atoms with E-state index in [1.54, 1.807) is 14.2 Å². The van der Waals surface area contributed by atoms with Crippen molar-refractivity contribution in [3.05, 3.63) is 58.1 Å². The highest BCUT2D eigenvalue weighted by molar-refractivity contribution is 6.30. The number of halogens is 1. The monoisotopic (exact) mass is 315 g/mol. The summed E-state index contributed by atoms with van der Waals surface area (Å²) in [5.74, 6) is 1.51. The van der Waals surface area contributed by atoms with Crippen molar-refractivity contribution in [1.29, 1.82) is 0 Å². The van der Waals surface area contributed by atoms with Gasteiger partial charge in [0.2, 0.25) is 0 Å². The van der Waals surface area contributed by atoms with Crippen LogP contribution in [0.15, 0.2) is 41.4 Å². The van der Waals surface area contributed by atoms with Crippen LogP contribution in [-0.4, -0.2) is 26.5 Å². The zero-order chi connectivity index (χ0) is 15.5. The lowest BCUT2D eigenvalue weighted by Crippen LogP contribution is -2.16. The Morgan fingerprint density at radius 1 is 1.05 bits per heavy atom. The second kappa shape index (κ2) is 6.41. The summed E-state index contributed by atoms with van der Waals surface area (Å²) < 4.78 is 10.8. The van der Waals surface area contributed by atoms with E-state index in [1.807, 2.05) is 30.3 Å². The zero-order valence-corrected chi connectivity index (χ0v) is 13.5. The number of fused-ring (bicyclic) bond motifs is 1. The Morgan fingerprint density at radius 3 is 2.41 bits per heavy atom. The SMILES string of the molecule is COc1cc2c(cc1OC)C(Cc1ccc(Cl)cc1)=NCC2. The summed E-state index contributed by atoms with van der Waals surface area (Å²) in [6.45, 7) is 0.811. The number of rotatable bonds is 4. The molecule has 1 heterocycles. The minimum absolute atomic E-state index is 0.743. The Morgan fingerprint density at radius 2 is 1.73 bits per heavy atom. The summed E-state index contributed by atoms with van der Waals surface area (Å²) in [5, 5.41) is 0.751. The smallest absolute Gasteiger partial charge is 0.161 e. The first-order chi connectivity index (χ1) is 10.7. The molecule has 22 heavy (non-hydrogen) atoms. The van der Waals surface area contributed by atoms with Crippen molar-refractivity contribution in [2.45, 2.75) is 12.8 Å². The van der Waals surface area contributed by atoms with Crippen LogP contribution in [0.5, 0.6) is 11.5 Å². The first-order valence-corrected chi connectivity index (χ1v) is 7.62. The Balaban J connectivity index is 1.95. The molecule has 0 radical (unpaired) electrons. The van der Waals surface area contributed by atoms with Gasteiger partial charge in [-0.3, -0.25) is 4.99 Å². The summed E-state index contributed by atoms with van der Waals surface area (Å²) in [6, 6.07) is 12.0. The maximum atomic E-state index is 5.95. The first-order valence-electron chi connectivity index (χ1n) is 7.24. The number of ether oxygens (including phenoxy) is 2. The van der Waals surface area contributed by atoms with E-state index in [2.05, 4.69) is 6.07 Å². The quantitative estimate of drug-likeness (QED) is 0.855. The molecule has 4 heteroatoms. The van der Waals surface area contributed by atoms with Gasteiger partial charge in [-0.15, -0.1) is 0 Å². The number of benzene rings is 2. The predicted octanol–water partition coefficient (Wildman–Crippen LogP) is 3.95. The highest BCUT2D eigenvalue weighted by Crippen LogP contribution is 2.33. The van der Waals surface area contributed by atoms with E-state index in [9.17, 15) is 0 Å². The lowest BCUT2D eigenvalue weighted by Gasteiger charge is -2.20. The van der Waals surface area contributed by atoms with Crippen molar-refractivity contribution in [3.8, 4) is 11.5 Å². The van der Waals surface area contributed by atoms with Gasteiger partial charge >= 0.3 is 0 Å². The Labute approximate surface area is 135 Å². The van der Waals surface area contributed by atoms with Crippen LogP contribution in [0.4, 0.5) is 0 Å². The summed E-state index contributed by atoms with van der Waals surface area (Å²) in [7, 11) is 3.32. The van der Waals surface area contributed by atoms with Crippen LogP contribution in [0.25, 0.3) is 0 Å². The maximum Gasteiger partial charge on any atom is 0.161 e. The fourth-order valence-corrected chi connectivity index (χ4v) is 2.87. The van der Waals surface area contributed by atoms with Crippen molar-refractivity contribution < 1.29 is 9.47 Å². The molecule has 0 bridgehead atoms. The van der Waals surface area contributed by atoms with Crippen molar-refractivity contribution in [2.75, 3.05) is 20.8 Å². The van der Waals surface area contributed by atoms with Gasteiger partial charge in [0.1, 0.15) is 0 Å². The van der Waals surface area contributed by atoms with Crippen molar-refractivity contribution in [2.24, 2.45) is 4.99 Å². The third-order valence-electron chi connectivity index (χ3n) is 3.89. The molecular weight excluding hydrogens is 298 g/mol. The average Bonchev–Trinajstić information content (AvgIpc) is 2.56. The molecule has 0 saturated carbocycles. The van der Waals surface area contributed by atoms with E-state index in [1.165, 1.54) is 11.1 Å². The lowest BCUT2D eigenvalue weighted by atomic mass is 9.93. The van der Waals surface area contributed by atoms with E-state index in [4.69, 9.17) is 26.1 Å². The maximum absolute atomic E-state index is 5.95. The van der Waals surface area contributed by atoms with Crippen LogP contribution >= 0.6 is 11.6 Å². The van der Waals surface area contributed by atoms with E-state index >= 15 is 0 Å². The summed E-state index contributed by atoms with van der Waals surface area (Å²) in [6.07, 6.45) is 1.72. The molecule has 0 saturated heterocycles. The molecule has 0 spiro atoms. The summed E-state index contributed by atoms with van der Waals surface area (Å²) >= 11 is 5.95. The third-order valence-corrected chi connectivity index (χ3v) is 4.14. The summed E-state index contributed by atoms with van der Waals surface area (Å²) in [4.78, 5) is 4.71. The predicted molar refractivity (Wildman–Crippen MR) is 89.8 cm³/mol. The molecule has 2 aromatic rings. The van der Waals surface area contributed by atoms with Crippen molar-refractivity contribution in [3.63, 3.8) is 0 Å². The highest BCUT2D eigenvalue weighted by atomic mass is 35.5. The molecule has 0 unspecified atom stereocenters. The number of nitrogens with zero attached hydrogens (tertiary/aromatic N) is 1. The molecule has 3 rings (SSSR count). The molecule has 1 aliphatic rings. The van der Waals surface area contributed by atoms with E-state index in [0.29, 0.717) is 0 Å². The van der Waals surface area contributed by atoms with Gasteiger partial charge in [0.25, 0.3) is 0 Å². The highest BCUT2D eigenvalue weighted by Gasteiger charge is 2.18. The topological polar surface area (TPSA) is 30.8 Å². The first kappa shape index (κ1) is 14.9. The van der Waals surface area contributed by atoms with E-state index in [-0.39, 0.29) is 0 Å². The summed E-state index contributed by atoms with van der Waals surface area (Å²) in [5.41, 5.74) is 4.70. The minimum atomic E-state index is 0.743. The molecule has 0 atom stereocenters. The number of methoxy groups -OCH3 is 2. The van der Waals surface area contributed by atoms with Gasteiger partial charge in [0, 0.05) is 29.3 Å². The van der Waals surface area contributed by atoms with Crippen LogP contribution < -0.4 is 9.47 Å². The second-order valence-electron chi connectivity index (χ2n) is 5.25. The molecule has 2 aromatic carbocycles. The molecular formula is C18H18ClNO2. The largest absolute Gasteiger partial charge is 0.493 e. The average molecular weight is 316 g/mol. The van der Waals surface area contributed by atoms with Crippen LogP contribution in [-0.2, 0) is 12.8 Å². The number of aliphatic imine (C=N–C) groups is 1. The zero-order valence-electron chi connectivity index (χ0n) is 12.7. The van der Waals surface area contributed by atoms with Crippen molar-refractivity contribution in [1.82, 2.24) is 0 Å². The molecule has 0 N–H and O–H groups in total. The molecule has 1 aliphatic heterocycles. The molecule has 0 amide bonds.